The summed E-state index contributed by atoms with van der Waals surface area (Å²) in [4.78, 5) is 23.7. The maximum absolute atomic E-state index is 11.9. The molecule has 104 valence electrons. The van der Waals surface area contributed by atoms with Crippen LogP contribution in [0.4, 0.5) is 5.69 Å². The molecule has 0 atom stereocenters. The van der Waals surface area contributed by atoms with E-state index in [0.717, 1.165) is 0 Å². The summed E-state index contributed by atoms with van der Waals surface area (Å²) in [7, 11) is 0. The van der Waals surface area contributed by atoms with Crippen LogP contribution in [0.5, 0.6) is 0 Å². The molecule has 1 aromatic heterocycles. The van der Waals surface area contributed by atoms with Crippen LogP contribution in [0.25, 0.3) is 0 Å². The lowest BCUT2D eigenvalue weighted by Gasteiger charge is -2.11. The van der Waals surface area contributed by atoms with Crippen LogP contribution in [0.2, 0.25) is 0 Å². The zero-order valence-corrected chi connectivity index (χ0v) is 11.6. The highest BCUT2D eigenvalue weighted by Crippen LogP contribution is 2.19. The van der Waals surface area contributed by atoms with Crippen molar-refractivity contribution in [1.29, 1.82) is 0 Å². The van der Waals surface area contributed by atoms with Crippen LogP contribution in [-0.4, -0.2) is 23.1 Å². The van der Waals surface area contributed by atoms with E-state index in [9.17, 15) is 9.59 Å². The van der Waals surface area contributed by atoms with Gasteiger partial charge in [0.25, 0.3) is 0 Å². The Kier molecular flexibility index (Phi) is 5.36. The summed E-state index contributed by atoms with van der Waals surface area (Å²) < 4.78 is 6.71. The topological polar surface area (TPSA) is 60.3 Å². The van der Waals surface area contributed by atoms with Crippen molar-refractivity contribution in [3.8, 4) is 0 Å². The molecule has 0 spiro atoms. The fourth-order valence-electron chi connectivity index (χ4n) is 1.57. The van der Waals surface area contributed by atoms with Crippen molar-refractivity contribution in [2.24, 2.45) is 5.92 Å². The molecule has 0 unspecified atom stereocenters. The van der Waals surface area contributed by atoms with E-state index in [1.165, 1.54) is 0 Å². The number of carbonyl (C=O) groups is 2. The highest BCUT2D eigenvalue weighted by molar-refractivity contribution is 6.00. The standard InChI is InChI=1S/C14H20N2O3/c1-5-8-16-9-7-11(15-13(17)10(3)4)12(16)14(18)19-6-2/h5,7,9-10H,1,6,8H2,2-4H3,(H,15,17). The van der Waals surface area contributed by atoms with E-state index in [1.807, 2.05) is 0 Å². The molecule has 0 aromatic carbocycles. The van der Waals surface area contributed by atoms with Crippen LogP contribution >= 0.6 is 0 Å². The summed E-state index contributed by atoms with van der Waals surface area (Å²) in [6, 6.07) is 1.69. The normalized spacial score (nSPS) is 10.3. The molecule has 0 aliphatic carbocycles. The van der Waals surface area contributed by atoms with Gasteiger partial charge in [-0.2, -0.15) is 0 Å². The first-order valence-electron chi connectivity index (χ1n) is 6.29. The van der Waals surface area contributed by atoms with Crippen molar-refractivity contribution in [2.75, 3.05) is 11.9 Å². The van der Waals surface area contributed by atoms with E-state index in [2.05, 4.69) is 11.9 Å². The zero-order valence-electron chi connectivity index (χ0n) is 11.6. The quantitative estimate of drug-likeness (QED) is 0.634. The third-order valence-corrected chi connectivity index (χ3v) is 2.54. The van der Waals surface area contributed by atoms with Crippen molar-refractivity contribution in [3.05, 3.63) is 30.6 Å². The number of rotatable bonds is 6. The van der Waals surface area contributed by atoms with E-state index in [1.54, 1.807) is 43.7 Å². The highest BCUT2D eigenvalue weighted by Gasteiger charge is 2.20. The first-order chi connectivity index (χ1) is 9.01. The number of nitrogens with one attached hydrogen (secondary N) is 1. The molecule has 1 heterocycles. The van der Waals surface area contributed by atoms with E-state index in [4.69, 9.17) is 4.74 Å². The van der Waals surface area contributed by atoms with Gasteiger partial charge in [0.05, 0.1) is 12.3 Å². The van der Waals surface area contributed by atoms with E-state index in [-0.39, 0.29) is 18.4 Å². The second-order valence-corrected chi connectivity index (χ2v) is 4.38. The molecule has 0 saturated carbocycles. The molecule has 5 nitrogen and oxygen atoms in total. The number of amides is 1. The van der Waals surface area contributed by atoms with E-state index >= 15 is 0 Å². The Balaban J connectivity index is 3.06. The minimum Gasteiger partial charge on any atom is -0.461 e. The number of hydrogen-bond acceptors (Lipinski definition) is 3. The average molecular weight is 264 g/mol. The third kappa shape index (κ3) is 3.71. The van der Waals surface area contributed by atoms with Crippen molar-refractivity contribution in [2.45, 2.75) is 27.3 Å². The van der Waals surface area contributed by atoms with Gasteiger partial charge in [-0.15, -0.1) is 6.58 Å². The second-order valence-electron chi connectivity index (χ2n) is 4.38. The van der Waals surface area contributed by atoms with Gasteiger partial charge in [-0.1, -0.05) is 19.9 Å². The number of nitrogens with zero attached hydrogens (tertiary/aromatic N) is 1. The number of esters is 1. The van der Waals surface area contributed by atoms with Crippen molar-refractivity contribution < 1.29 is 14.3 Å². The number of carbonyl (C=O) groups excluding carboxylic acids is 2. The van der Waals surface area contributed by atoms with E-state index in [0.29, 0.717) is 17.9 Å². The Bertz CT molecular complexity index is 475. The Morgan fingerprint density at radius 3 is 2.74 bits per heavy atom. The smallest absolute Gasteiger partial charge is 0.357 e. The van der Waals surface area contributed by atoms with Crippen molar-refractivity contribution in [1.82, 2.24) is 4.57 Å². The van der Waals surface area contributed by atoms with Gasteiger partial charge in [-0.25, -0.2) is 4.79 Å². The zero-order chi connectivity index (χ0) is 14.4. The molecule has 1 N–H and O–H groups in total. The van der Waals surface area contributed by atoms with Crippen LogP contribution in [0.15, 0.2) is 24.9 Å². The summed E-state index contributed by atoms with van der Waals surface area (Å²) >= 11 is 0. The maximum Gasteiger partial charge on any atom is 0.357 e. The molecule has 1 aromatic rings. The number of ether oxygens (including phenoxy) is 1. The molecule has 0 fully saturated rings. The summed E-state index contributed by atoms with van der Waals surface area (Å²) in [5, 5.41) is 2.73. The molecule has 1 amide bonds. The Morgan fingerprint density at radius 2 is 2.21 bits per heavy atom. The maximum atomic E-state index is 11.9. The number of hydrogen-bond donors (Lipinski definition) is 1. The number of allylic oxidation sites excluding steroid dienone is 1. The Hall–Kier alpha value is -2.04. The molecular weight excluding hydrogens is 244 g/mol. The molecular formula is C14H20N2O3. The molecule has 0 radical (unpaired) electrons. The molecule has 0 bridgehead atoms. The first kappa shape index (κ1) is 15.0. The second kappa shape index (κ2) is 6.78. The van der Waals surface area contributed by atoms with Crippen LogP contribution < -0.4 is 5.32 Å². The van der Waals surface area contributed by atoms with Gasteiger partial charge in [-0.05, 0) is 13.0 Å². The molecule has 0 aliphatic rings. The molecule has 0 aliphatic heterocycles. The highest BCUT2D eigenvalue weighted by atomic mass is 16.5. The fourth-order valence-corrected chi connectivity index (χ4v) is 1.57. The van der Waals surface area contributed by atoms with Gasteiger partial charge in [0, 0.05) is 18.7 Å². The minimum atomic E-state index is -0.451. The predicted molar refractivity (Wildman–Crippen MR) is 74.1 cm³/mol. The van der Waals surface area contributed by atoms with Gasteiger partial charge in [-0.3, -0.25) is 4.79 Å². The summed E-state index contributed by atoms with van der Waals surface area (Å²) in [6.45, 7) is 9.73. The lowest BCUT2D eigenvalue weighted by atomic mass is 10.2. The number of anilines is 1. The SMILES string of the molecule is C=CCn1ccc(NC(=O)C(C)C)c1C(=O)OCC. The van der Waals surface area contributed by atoms with Crippen LogP contribution in [0.3, 0.4) is 0 Å². The van der Waals surface area contributed by atoms with Crippen LogP contribution in [0, 0.1) is 5.92 Å². The average Bonchev–Trinajstić information content (AvgIpc) is 2.72. The predicted octanol–water partition coefficient (Wildman–Crippen LogP) is 2.45. The molecule has 19 heavy (non-hydrogen) atoms. The fraction of sp³-hybridized carbons (Fsp3) is 0.429. The van der Waals surface area contributed by atoms with Gasteiger partial charge >= 0.3 is 5.97 Å². The van der Waals surface area contributed by atoms with Crippen LogP contribution in [0.1, 0.15) is 31.3 Å². The summed E-state index contributed by atoms with van der Waals surface area (Å²) in [5.41, 5.74) is 0.815. The Morgan fingerprint density at radius 1 is 1.53 bits per heavy atom. The van der Waals surface area contributed by atoms with E-state index < -0.39 is 5.97 Å². The largest absolute Gasteiger partial charge is 0.461 e. The van der Waals surface area contributed by atoms with Gasteiger partial charge in [0.1, 0.15) is 0 Å². The minimum absolute atomic E-state index is 0.137. The van der Waals surface area contributed by atoms with Crippen molar-refractivity contribution >= 4 is 17.6 Å². The first-order valence-corrected chi connectivity index (χ1v) is 6.29. The van der Waals surface area contributed by atoms with Crippen LogP contribution in [-0.2, 0) is 16.1 Å². The summed E-state index contributed by atoms with van der Waals surface area (Å²) in [5.74, 6) is -0.742. The molecule has 0 saturated heterocycles. The molecule has 5 heteroatoms. The van der Waals surface area contributed by atoms with Gasteiger partial charge < -0.3 is 14.6 Å². The van der Waals surface area contributed by atoms with Gasteiger partial charge in [0.2, 0.25) is 5.91 Å². The number of aromatic nitrogens is 1. The lowest BCUT2D eigenvalue weighted by molar-refractivity contribution is -0.118. The van der Waals surface area contributed by atoms with Gasteiger partial charge in [0.15, 0.2) is 5.69 Å². The monoisotopic (exact) mass is 264 g/mol. The van der Waals surface area contributed by atoms with Crippen molar-refractivity contribution in [3.63, 3.8) is 0 Å². The Labute approximate surface area is 113 Å². The lowest BCUT2D eigenvalue weighted by Crippen LogP contribution is -2.20. The molecule has 1 rings (SSSR count). The summed E-state index contributed by atoms with van der Waals surface area (Å²) in [6.07, 6.45) is 3.40. The third-order valence-electron chi connectivity index (χ3n) is 2.54.